The average molecular weight is 391 g/mol. The zero-order chi connectivity index (χ0) is 21.0. The molecule has 0 aliphatic carbocycles. The number of carboxylic acids is 1. The molecule has 2 heterocycles. The number of hydrogen-bond donors (Lipinski definition) is 2. The molecular formula is C21H17N3O5. The summed E-state index contributed by atoms with van der Waals surface area (Å²) in [5, 5.41) is 21.2. The van der Waals surface area contributed by atoms with Crippen molar-refractivity contribution in [2.24, 2.45) is 0 Å². The number of aryl methyl sites for hydroxylation is 1. The lowest BCUT2D eigenvalue weighted by molar-refractivity contribution is -0.139. The first-order chi connectivity index (χ1) is 13.9. The zero-order valence-electron chi connectivity index (χ0n) is 15.7. The van der Waals surface area contributed by atoms with Crippen LogP contribution in [0.5, 0.6) is 5.88 Å². The number of carbonyl (C=O) groups is 2. The third-order valence-electron chi connectivity index (χ3n) is 3.94. The number of aliphatic carboxylic acids is 1. The van der Waals surface area contributed by atoms with Gasteiger partial charge < -0.3 is 19.6 Å². The van der Waals surface area contributed by atoms with Crippen LogP contribution in [-0.4, -0.2) is 28.6 Å². The maximum atomic E-state index is 11.2. The lowest BCUT2D eigenvalue weighted by atomic mass is 10.0. The summed E-state index contributed by atoms with van der Waals surface area (Å²) in [5.41, 5.74) is 2.30. The number of anilines is 1. The SMILES string of the molecule is CC(=O)Nc1ccc(-c2cc(-c3ccc(C)o3)c(C#N)c(OCC(=O)O)n2)cc1. The van der Waals surface area contributed by atoms with Crippen molar-refractivity contribution in [1.29, 1.82) is 5.26 Å². The summed E-state index contributed by atoms with van der Waals surface area (Å²) >= 11 is 0. The molecule has 3 aromatic rings. The Morgan fingerprint density at radius 3 is 2.52 bits per heavy atom. The van der Waals surface area contributed by atoms with Gasteiger partial charge in [-0.2, -0.15) is 5.26 Å². The summed E-state index contributed by atoms with van der Waals surface area (Å²) < 4.78 is 10.9. The summed E-state index contributed by atoms with van der Waals surface area (Å²) in [6.07, 6.45) is 0. The van der Waals surface area contributed by atoms with Gasteiger partial charge in [0.2, 0.25) is 11.8 Å². The molecule has 8 heteroatoms. The number of benzene rings is 1. The number of carboxylic acid groups (broad SMARTS) is 1. The Kier molecular flexibility index (Phi) is 5.60. The first kappa shape index (κ1) is 19.6. The van der Waals surface area contributed by atoms with Gasteiger partial charge >= 0.3 is 5.97 Å². The molecule has 0 aliphatic heterocycles. The molecule has 146 valence electrons. The van der Waals surface area contributed by atoms with E-state index < -0.39 is 12.6 Å². The van der Waals surface area contributed by atoms with Gasteiger partial charge in [0.1, 0.15) is 23.2 Å². The molecule has 0 fully saturated rings. The Morgan fingerprint density at radius 1 is 1.24 bits per heavy atom. The van der Waals surface area contributed by atoms with Gasteiger partial charge in [0, 0.05) is 23.7 Å². The molecule has 0 unspecified atom stereocenters. The topological polar surface area (TPSA) is 125 Å². The Bertz CT molecular complexity index is 1110. The van der Waals surface area contributed by atoms with Gasteiger partial charge in [-0.3, -0.25) is 4.79 Å². The van der Waals surface area contributed by atoms with E-state index in [4.69, 9.17) is 14.3 Å². The second-order valence-electron chi connectivity index (χ2n) is 6.20. The third-order valence-corrected chi connectivity index (χ3v) is 3.94. The fraction of sp³-hybridized carbons (Fsp3) is 0.143. The minimum absolute atomic E-state index is 0.0826. The van der Waals surface area contributed by atoms with Crippen LogP contribution in [0.15, 0.2) is 46.9 Å². The number of furan rings is 1. The van der Waals surface area contributed by atoms with Gasteiger partial charge in [-0.25, -0.2) is 9.78 Å². The van der Waals surface area contributed by atoms with Crippen LogP contribution in [0.2, 0.25) is 0 Å². The number of aromatic nitrogens is 1. The van der Waals surface area contributed by atoms with Crippen molar-refractivity contribution >= 4 is 17.6 Å². The van der Waals surface area contributed by atoms with E-state index >= 15 is 0 Å². The molecule has 0 atom stereocenters. The van der Waals surface area contributed by atoms with Crippen molar-refractivity contribution in [2.75, 3.05) is 11.9 Å². The number of pyridine rings is 1. The van der Waals surface area contributed by atoms with E-state index in [2.05, 4.69) is 10.3 Å². The quantitative estimate of drug-likeness (QED) is 0.657. The largest absolute Gasteiger partial charge is 0.479 e. The highest BCUT2D eigenvalue weighted by Crippen LogP contribution is 2.34. The molecule has 2 N–H and O–H groups in total. The highest BCUT2D eigenvalue weighted by Gasteiger charge is 2.19. The van der Waals surface area contributed by atoms with Gasteiger partial charge in [0.05, 0.1) is 5.69 Å². The van der Waals surface area contributed by atoms with Crippen LogP contribution in [0, 0.1) is 18.3 Å². The van der Waals surface area contributed by atoms with Gasteiger partial charge in [0.25, 0.3) is 0 Å². The Labute approximate surface area is 166 Å². The number of amides is 1. The molecule has 1 aromatic carbocycles. The first-order valence-corrected chi connectivity index (χ1v) is 8.62. The van der Waals surface area contributed by atoms with Crippen molar-refractivity contribution < 1.29 is 23.8 Å². The van der Waals surface area contributed by atoms with Gasteiger partial charge in [-0.15, -0.1) is 0 Å². The van der Waals surface area contributed by atoms with E-state index in [9.17, 15) is 14.9 Å². The monoisotopic (exact) mass is 391 g/mol. The first-order valence-electron chi connectivity index (χ1n) is 8.62. The predicted molar refractivity (Wildman–Crippen MR) is 104 cm³/mol. The maximum Gasteiger partial charge on any atom is 0.341 e. The van der Waals surface area contributed by atoms with Crippen molar-refractivity contribution in [1.82, 2.24) is 4.98 Å². The molecule has 3 rings (SSSR count). The fourth-order valence-electron chi connectivity index (χ4n) is 2.71. The van der Waals surface area contributed by atoms with Crippen LogP contribution in [-0.2, 0) is 9.59 Å². The Balaban J connectivity index is 2.11. The number of rotatable bonds is 6. The summed E-state index contributed by atoms with van der Waals surface area (Å²) in [6.45, 7) is 2.56. The standard InChI is InChI=1S/C21H17N3O5/c1-12-3-8-19(29-12)16-9-18(14-4-6-15(7-5-14)23-13(2)25)24-21(17(16)10-22)28-11-20(26)27/h3-9H,11H2,1-2H3,(H,23,25)(H,26,27). The Hall–Kier alpha value is -4.12. The van der Waals surface area contributed by atoms with E-state index in [-0.39, 0.29) is 17.4 Å². The number of hydrogen-bond acceptors (Lipinski definition) is 6. The second kappa shape index (κ2) is 8.27. The predicted octanol–water partition coefficient (Wildman–Crippen LogP) is 3.61. The van der Waals surface area contributed by atoms with Crippen LogP contribution in [0.1, 0.15) is 18.2 Å². The summed E-state index contributed by atoms with van der Waals surface area (Å²) in [4.78, 5) is 26.4. The van der Waals surface area contributed by atoms with Crippen molar-refractivity contribution in [3.63, 3.8) is 0 Å². The van der Waals surface area contributed by atoms with Gasteiger partial charge in [-0.05, 0) is 37.3 Å². The lowest BCUT2D eigenvalue weighted by Gasteiger charge is -2.12. The minimum Gasteiger partial charge on any atom is -0.479 e. The van der Waals surface area contributed by atoms with E-state index in [0.717, 1.165) is 0 Å². The molecule has 29 heavy (non-hydrogen) atoms. The van der Waals surface area contributed by atoms with Crippen LogP contribution in [0.25, 0.3) is 22.6 Å². The minimum atomic E-state index is -1.18. The molecule has 0 bridgehead atoms. The lowest BCUT2D eigenvalue weighted by Crippen LogP contribution is -2.12. The number of ether oxygens (including phenoxy) is 1. The normalized spacial score (nSPS) is 10.2. The van der Waals surface area contributed by atoms with E-state index in [1.807, 2.05) is 6.07 Å². The van der Waals surface area contributed by atoms with Crippen molar-refractivity contribution in [3.05, 3.63) is 53.8 Å². The number of nitrogens with zero attached hydrogens (tertiary/aromatic N) is 2. The van der Waals surface area contributed by atoms with E-state index in [0.29, 0.717) is 34.0 Å². The fourth-order valence-corrected chi connectivity index (χ4v) is 2.71. The number of nitriles is 1. The average Bonchev–Trinajstić information content (AvgIpc) is 3.12. The van der Waals surface area contributed by atoms with Crippen LogP contribution >= 0.6 is 0 Å². The smallest absolute Gasteiger partial charge is 0.341 e. The maximum absolute atomic E-state index is 11.2. The zero-order valence-corrected chi connectivity index (χ0v) is 15.7. The molecule has 0 aliphatic rings. The number of carbonyl (C=O) groups excluding carboxylic acids is 1. The van der Waals surface area contributed by atoms with Crippen LogP contribution in [0.4, 0.5) is 5.69 Å². The van der Waals surface area contributed by atoms with Crippen molar-refractivity contribution in [3.8, 4) is 34.5 Å². The van der Waals surface area contributed by atoms with E-state index in [1.54, 1.807) is 49.4 Å². The summed E-state index contributed by atoms with van der Waals surface area (Å²) in [5.74, 6) is -0.361. The van der Waals surface area contributed by atoms with Crippen molar-refractivity contribution in [2.45, 2.75) is 13.8 Å². The van der Waals surface area contributed by atoms with Gasteiger partial charge in [0.15, 0.2) is 6.61 Å². The number of nitrogens with one attached hydrogen (secondary N) is 1. The molecule has 0 spiro atoms. The third kappa shape index (κ3) is 4.59. The highest BCUT2D eigenvalue weighted by atomic mass is 16.5. The van der Waals surface area contributed by atoms with Crippen LogP contribution in [0.3, 0.4) is 0 Å². The second-order valence-corrected chi connectivity index (χ2v) is 6.20. The summed E-state index contributed by atoms with van der Waals surface area (Å²) in [6, 6.07) is 14.1. The summed E-state index contributed by atoms with van der Waals surface area (Å²) in [7, 11) is 0. The molecule has 8 nitrogen and oxygen atoms in total. The Morgan fingerprint density at radius 2 is 1.97 bits per heavy atom. The van der Waals surface area contributed by atoms with Crippen LogP contribution < -0.4 is 10.1 Å². The molecule has 0 saturated heterocycles. The molecule has 1 amide bonds. The molecule has 0 radical (unpaired) electrons. The van der Waals surface area contributed by atoms with E-state index in [1.165, 1.54) is 6.92 Å². The highest BCUT2D eigenvalue weighted by molar-refractivity contribution is 5.89. The molecule has 2 aromatic heterocycles. The molecular weight excluding hydrogens is 374 g/mol. The molecule has 0 saturated carbocycles. The van der Waals surface area contributed by atoms with Gasteiger partial charge in [-0.1, -0.05) is 12.1 Å².